The molecule has 0 unspecified atom stereocenters. The third-order valence-corrected chi connectivity index (χ3v) is 3.19. The molecule has 0 radical (unpaired) electrons. The van der Waals surface area contributed by atoms with Crippen LogP contribution < -0.4 is 11.1 Å². The summed E-state index contributed by atoms with van der Waals surface area (Å²) < 4.78 is 0. The second kappa shape index (κ2) is 7.08. The Morgan fingerprint density at radius 3 is 2.74 bits per heavy atom. The Kier molecular flexibility index (Phi) is 5.75. The van der Waals surface area contributed by atoms with Crippen LogP contribution in [0.25, 0.3) is 0 Å². The number of hydrogen-bond donors (Lipinski definition) is 3. The van der Waals surface area contributed by atoms with E-state index in [9.17, 15) is 14.4 Å². The summed E-state index contributed by atoms with van der Waals surface area (Å²) in [4.78, 5) is 35.6. The molecule has 0 bridgehead atoms. The minimum absolute atomic E-state index is 0.151. The quantitative estimate of drug-likeness (QED) is 0.591. The van der Waals surface area contributed by atoms with Crippen molar-refractivity contribution in [2.75, 3.05) is 13.1 Å². The summed E-state index contributed by atoms with van der Waals surface area (Å²) in [6, 6.07) is -1.59. The summed E-state index contributed by atoms with van der Waals surface area (Å²) in [6.45, 7) is 2.77. The molecule has 1 heterocycles. The molecule has 108 valence electrons. The SMILES string of the molecule is CCNC(=O)CC[C@H](N)C(=O)N1CCC[C@H]1C(=O)O. The lowest BCUT2D eigenvalue weighted by Gasteiger charge is -2.24. The summed E-state index contributed by atoms with van der Waals surface area (Å²) in [7, 11) is 0. The first-order chi connectivity index (χ1) is 8.97. The second-order valence-corrected chi connectivity index (χ2v) is 4.63. The zero-order valence-corrected chi connectivity index (χ0v) is 11.1. The molecule has 7 heteroatoms. The molecule has 0 aromatic heterocycles. The maximum Gasteiger partial charge on any atom is 0.326 e. The van der Waals surface area contributed by atoms with Crippen LogP contribution in [0.3, 0.4) is 0 Å². The number of likely N-dealkylation sites (tertiary alicyclic amines) is 1. The van der Waals surface area contributed by atoms with E-state index in [-0.39, 0.29) is 24.7 Å². The van der Waals surface area contributed by atoms with E-state index < -0.39 is 18.1 Å². The number of nitrogens with two attached hydrogens (primary N) is 1. The minimum Gasteiger partial charge on any atom is -0.480 e. The van der Waals surface area contributed by atoms with Crippen molar-refractivity contribution >= 4 is 17.8 Å². The Morgan fingerprint density at radius 2 is 2.16 bits per heavy atom. The van der Waals surface area contributed by atoms with Gasteiger partial charge in [-0.25, -0.2) is 4.79 Å². The van der Waals surface area contributed by atoms with Crippen LogP contribution in [0.1, 0.15) is 32.6 Å². The fourth-order valence-corrected chi connectivity index (χ4v) is 2.20. The number of carbonyl (C=O) groups excluding carboxylic acids is 2. The molecule has 4 N–H and O–H groups in total. The van der Waals surface area contributed by atoms with Gasteiger partial charge in [-0.3, -0.25) is 9.59 Å². The molecule has 2 atom stereocenters. The fourth-order valence-electron chi connectivity index (χ4n) is 2.20. The van der Waals surface area contributed by atoms with Crippen molar-refractivity contribution in [1.29, 1.82) is 0 Å². The van der Waals surface area contributed by atoms with Gasteiger partial charge in [-0.1, -0.05) is 0 Å². The smallest absolute Gasteiger partial charge is 0.326 e. The number of hydrogen-bond acceptors (Lipinski definition) is 4. The number of nitrogens with zero attached hydrogens (tertiary/aromatic N) is 1. The molecule has 19 heavy (non-hydrogen) atoms. The van der Waals surface area contributed by atoms with Crippen molar-refractivity contribution < 1.29 is 19.5 Å². The highest BCUT2D eigenvalue weighted by Gasteiger charge is 2.35. The van der Waals surface area contributed by atoms with Crippen LogP contribution in [-0.2, 0) is 14.4 Å². The van der Waals surface area contributed by atoms with Crippen molar-refractivity contribution in [2.24, 2.45) is 5.73 Å². The number of amides is 2. The first-order valence-corrected chi connectivity index (χ1v) is 6.53. The monoisotopic (exact) mass is 271 g/mol. The molecular weight excluding hydrogens is 250 g/mol. The molecule has 0 spiro atoms. The fraction of sp³-hybridized carbons (Fsp3) is 0.750. The van der Waals surface area contributed by atoms with Gasteiger partial charge in [0.2, 0.25) is 11.8 Å². The van der Waals surface area contributed by atoms with E-state index >= 15 is 0 Å². The molecule has 1 rings (SSSR count). The van der Waals surface area contributed by atoms with Crippen molar-refractivity contribution in [2.45, 2.75) is 44.7 Å². The van der Waals surface area contributed by atoms with Crippen LogP contribution in [0, 0.1) is 0 Å². The highest BCUT2D eigenvalue weighted by Crippen LogP contribution is 2.18. The summed E-state index contributed by atoms with van der Waals surface area (Å²) >= 11 is 0. The molecule has 0 aliphatic carbocycles. The van der Waals surface area contributed by atoms with Gasteiger partial charge < -0.3 is 21.1 Å². The second-order valence-electron chi connectivity index (χ2n) is 4.63. The Bertz CT molecular complexity index is 359. The molecule has 1 aliphatic heterocycles. The zero-order valence-electron chi connectivity index (χ0n) is 11.1. The molecule has 0 saturated carbocycles. The Morgan fingerprint density at radius 1 is 1.47 bits per heavy atom. The van der Waals surface area contributed by atoms with E-state index in [4.69, 9.17) is 10.8 Å². The maximum atomic E-state index is 12.0. The van der Waals surface area contributed by atoms with E-state index in [0.29, 0.717) is 25.9 Å². The first-order valence-electron chi connectivity index (χ1n) is 6.53. The Balaban J connectivity index is 2.47. The maximum absolute atomic E-state index is 12.0. The van der Waals surface area contributed by atoms with Crippen molar-refractivity contribution in [3.05, 3.63) is 0 Å². The van der Waals surface area contributed by atoms with Gasteiger partial charge in [-0.2, -0.15) is 0 Å². The van der Waals surface area contributed by atoms with Gasteiger partial charge in [0, 0.05) is 19.5 Å². The van der Waals surface area contributed by atoms with Gasteiger partial charge in [0.25, 0.3) is 0 Å². The van der Waals surface area contributed by atoms with E-state index in [2.05, 4.69) is 5.32 Å². The topological polar surface area (TPSA) is 113 Å². The zero-order chi connectivity index (χ0) is 14.4. The van der Waals surface area contributed by atoms with Crippen molar-refractivity contribution in [3.8, 4) is 0 Å². The summed E-state index contributed by atoms with van der Waals surface area (Å²) in [5.41, 5.74) is 5.74. The summed E-state index contributed by atoms with van der Waals surface area (Å²) in [5.74, 6) is -1.53. The summed E-state index contributed by atoms with van der Waals surface area (Å²) in [6.07, 6.45) is 1.54. The number of carbonyl (C=O) groups is 3. The van der Waals surface area contributed by atoms with Crippen molar-refractivity contribution in [1.82, 2.24) is 10.2 Å². The van der Waals surface area contributed by atoms with Crippen molar-refractivity contribution in [3.63, 3.8) is 0 Å². The third-order valence-electron chi connectivity index (χ3n) is 3.19. The predicted molar refractivity (Wildman–Crippen MR) is 68.3 cm³/mol. The Hall–Kier alpha value is -1.63. The minimum atomic E-state index is -0.998. The summed E-state index contributed by atoms with van der Waals surface area (Å²) in [5, 5.41) is 11.6. The lowest BCUT2D eigenvalue weighted by atomic mass is 10.1. The lowest BCUT2D eigenvalue weighted by Crippen LogP contribution is -2.48. The molecule has 1 aliphatic rings. The number of carboxylic acid groups (broad SMARTS) is 1. The van der Waals surface area contributed by atoms with E-state index in [1.807, 2.05) is 6.92 Å². The largest absolute Gasteiger partial charge is 0.480 e. The molecule has 7 nitrogen and oxygen atoms in total. The van der Waals surface area contributed by atoms with Gasteiger partial charge in [-0.15, -0.1) is 0 Å². The molecule has 2 amide bonds. The van der Waals surface area contributed by atoms with Crippen LogP contribution >= 0.6 is 0 Å². The van der Waals surface area contributed by atoms with E-state index in [1.54, 1.807) is 0 Å². The van der Waals surface area contributed by atoms with Crippen LogP contribution in [0.2, 0.25) is 0 Å². The average Bonchev–Trinajstić information content (AvgIpc) is 2.84. The molecular formula is C12H21N3O4. The standard InChI is InChI=1S/C12H21N3O4/c1-2-14-10(16)6-5-8(13)11(17)15-7-3-4-9(15)12(18)19/h8-9H,2-7,13H2,1H3,(H,14,16)(H,18,19)/t8-,9-/m0/s1. The van der Waals surface area contributed by atoms with Gasteiger partial charge in [0.1, 0.15) is 6.04 Å². The van der Waals surface area contributed by atoms with Gasteiger partial charge in [0.15, 0.2) is 0 Å². The highest BCUT2D eigenvalue weighted by molar-refractivity contribution is 5.88. The number of nitrogens with one attached hydrogen (secondary N) is 1. The predicted octanol–water partition coefficient (Wildman–Crippen LogP) is -0.694. The Labute approximate surface area is 112 Å². The van der Waals surface area contributed by atoms with Gasteiger partial charge in [-0.05, 0) is 26.2 Å². The third kappa shape index (κ3) is 4.20. The van der Waals surface area contributed by atoms with Crippen LogP contribution in [0.15, 0.2) is 0 Å². The first kappa shape index (κ1) is 15.4. The number of rotatable bonds is 6. The van der Waals surface area contributed by atoms with Crippen LogP contribution in [-0.4, -0.2) is 53.0 Å². The van der Waals surface area contributed by atoms with Crippen LogP contribution in [0.4, 0.5) is 0 Å². The lowest BCUT2D eigenvalue weighted by molar-refractivity contribution is -0.148. The van der Waals surface area contributed by atoms with Gasteiger partial charge in [0.05, 0.1) is 6.04 Å². The molecule has 0 aromatic carbocycles. The molecule has 1 fully saturated rings. The highest BCUT2D eigenvalue weighted by atomic mass is 16.4. The molecule has 1 saturated heterocycles. The number of aliphatic carboxylic acids is 1. The van der Waals surface area contributed by atoms with Gasteiger partial charge >= 0.3 is 5.97 Å². The average molecular weight is 271 g/mol. The van der Waals surface area contributed by atoms with E-state index in [0.717, 1.165) is 0 Å². The number of carboxylic acids is 1. The normalized spacial score (nSPS) is 20.1. The van der Waals surface area contributed by atoms with Crippen LogP contribution in [0.5, 0.6) is 0 Å². The molecule has 0 aromatic rings. The van der Waals surface area contributed by atoms with E-state index in [1.165, 1.54) is 4.90 Å².